The number of aromatic nitrogens is 1. The van der Waals surface area contributed by atoms with Crippen molar-refractivity contribution in [3.05, 3.63) is 77.0 Å². The average molecular weight is 436 g/mol. The molecule has 0 saturated heterocycles. The van der Waals surface area contributed by atoms with E-state index < -0.39 is 12.1 Å². The molecule has 168 valence electrons. The monoisotopic (exact) mass is 435 g/mol. The van der Waals surface area contributed by atoms with Gasteiger partial charge in [-0.25, -0.2) is 9.59 Å². The maximum atomic E-state index is 12.3. The first-order valence-corrected chi connectivity index (χ1v) is 10.5. The molecular weight excluding hydrogens is 406 g/mol. The number of rotatable bonds is 8. The Labute approximate surface area is 188 Å². The molecule has 3 rings (SSSR count). The summed E-state index contributed by atoms with van der Waals surface area (Å²) in [5.41, 5.74) is 5.86. The Bertz CT molecular complexity index is 1170. The highest BCUT2D eigenvalue weighted by atomic mass is 16.6. The Morgan fingerprint density at radius 1 is 1.12 bits per heavy atom. The van der Waals surface area contributed by atoms with Crippen molar-refractivity contribution in [2.75, 3.05) is 13.7 Å². The molecule has 32 heavy (non-hydrogen) atoms. The van der Waals surface area contributed by atoms with Gasteiger partial charge in [0.25, 0.3) is 0 Å². The van der Waals surface area contributed by atoms with Gasteiger partial charge in [-0.05, 0) is 74.7 Å². The highest BCUT2D eigenvalue weighted by molar-refractivity contribution is 5.96. The van der Waals surface area contributed by atoms with Crippen LogP contribution in [0.25, 0.3) is 10.9 Å². The second kappa shape index (κ2) is 9.73. The van der Waals surface area contributed by atoms with Gasteiger partial charge in [-0.15, -0.1) is 0 Å². The molecule has 0 aliphatic heterocycles. The van der Waals surface area contributed by atoms with Crippen LogP contribution in [0.3, 0.4) is 0 Å². The summed E-state index contributed by atoms with van der Waals surface area (Å²) >= 11 is 0. The Morgan fingerprint density at radius 3 is 2.56 bits per heavy atom. The Morgan fingerprint density at radius 2 is 1.88 bits per heavy atom. The summed E-state index contributed by atoms with van der Waals surface area (Å²) < 4.78 is 17.9. The van der Waals surface area contributed by atoms with Gasteiger partial charge in [0, 0.05) is 23.1 Å². The highest BCUT2D eigenvalue weighted by Crippen LogP contribution is 2.28. The maximum Gasteiger partial charge on any atom is 0.346 e. The molecule has 3 aromatic rings. The van der Waals surface area contributed by atoms with Gasteiger partial charge in [0.15, 0.2) is 6.10 Å². The first kappa shape index (κ1) is 23.1. The number of hydrogen-bond donors (Lipinski definition) is 0. The van der Waals surface area contributed by atoms with Crippen molar-refractivity contribution >= 4 is 22.8 Å². The van der Waals surface area contributed by atoms with E-state index in [0.29, 0.717) is 17.9 Å². The van der Waals surface area contributed by atoms with E-state index in [1.807, 2.05) is 31.2 Å². The van der Waals surface area contributed by atoms with E-state index in [1.165, 1.54) is 7.11 Å². The van der Waals surface area contributed by atoms with E-state index in [2.05, 4.69) is 31.1 Å². The third-order valence-corrected chi connectivity index (χ3v) is 5.50. The number of nitrogens with zero attached hydrogens (tertiary/aromatic N) is 1. The van der Waals surface area contributed by atoms with Crippen LogP contribution >= 0.6 is 0 Å². The maximum absolute atomic E-state index is 12.3. The van der Waals surface area contributed by atoms with E-state index in [1.54, 1.807) is 19.1 Å². The second-order valence-corrected chi connectivity index (χ2v) is 7.85. The molecule has 2 aromatic carbocycles. The highest BCUT2D eigenvalue weighted by Gasteiger charge is 2.17. The molecule has 1 atom stereocenters. The molecule has 6 nitrogen and oxygen atoms in total. The number of ether oxygens (including phenoxy) is 3. The van der Waals surface area contributed by atoms with Crippen LogP contribution in [-0.4, -0.2) is 36.3 Å². The molecule has 0 radical (unpaired) electrons. The summed E-state index contributed by atoms with van der Waals surface area (Å²) in [6.07, 6.45) is 0.860. The Hall–Kier alpha value is -3.54. The first-order valence-electron chi connectivity index (χ1n) is 10.5. The SMILES string of the molecule is C=CCOC(=O)c1ccc2c(c1)c(C)c(C)n2Cc1cc(C)cc(OC(C)C(=O)OC)c1. The zero-order valence-electron chi connectivity index (χ0n) is 19.2. The first-order chi connectivity index (χ1) is 15.2. The molecule has 0 aliphatic carbocycles. The van der Waals surface area contributed by atoms with Gasteiger partial charge in [-0.3, -0.25) is 0 Å². The van der Waals surface area contributed by atoms with Crippen molar-refractivity contribution in [1.82, 2.24) is 4.57 Å². The zero-order valence-corrected chi connectivity index (χ0v) is 19.2. The molecular formula is C26H29NO5. The molecule has 0 bridgehead atoms. The van der Waals surface area contributed by atoms with Crippen LogP contribution in [0.15, 0.2) is 49.1 Å². The van der Waals surface area contributed by atoms with E-state index in [-0.39, 0.29) is 12.6 Å². The summed E-state index contributed by atoms with van der Waals surface area (Å²) in [6.45, 7) is 12.2. The summed E-state index contributed by atoms with van der Waals surface area (Å²) in [4.78, 5) is 24.0. The van der Waals surface area contributed by atoms with Crippen molar-refractivity contribution in [3.63, 3.8) is 0 Å². The second-order valence-electron chi connectivity index (χ2n) is 7.85. The Balaban J connectivity index is 1.93. The number of benzene rings is 2. The van der Waals surface area contributed by atoms with Gasteiger partial charge in [0.2, 0.25) is 0 Å². The minimum absolute atomic E-state index is 0.183. The van der Waals surface area contributed by atoms with E-state index in [9.17, 15) is 9.59 Å². The van der Waals surface area contributed by atoms with Crippen LogP contribution < -0.4 is 4.74 Å². The van der Waals surface area contributed by atoms with Gasteiger partial charge in [-0.2, -0.15) is 0 Å². The number of carbonyl (C=O) groups is 2. The number of carbonyl (C=O) groups excluding carboxylic acids is 2. The number of esters is 2. The van der Waals surface area contributed by atoms with Gasteiger partial charge in [0.05, 0.1) is 12.7 Å². The lowest BCUT2D eigenvalue weighted by atomic mass is 10.1. The minimum Gasteiger partial charge on any atom is -0.479 e. The normalized spacial score (nSPS) is 11.8. The van der Waals surface area contributed by atoms with Crippen LogP contribution in [0.2, 0.25) is 0 Å². The fourth-order valence-corrected chi connectivity index (χ4v) is 3.78. The van der Waals surface area contributed by atoms with Crippen LogP contribution in [0, 0.1) is 20.8 Å². The largest absolute Gasteiger partial charge is 0.479 e. The molecule has 0 spiro atoms. The molecule has 1 unspecified atom stereocenters. The third kappa shape index (κ3) is 4.85. The number of fused-ring (bicyclic) bond motifs is 1. The molecule has 1 aromatic heterocycles. The van der Waals surface area contributed by atoms with Gasteiger partial charge < -0.3 is 18.8 Å². The molecule has 0 fully saturated rings. The summed E-state index contributed by atoms with van der Waals surface area (Å²) in [5.74, 6) is -0.161. The average Bonchev–Trinajstić information content (AvgIpc) is 3.00. The Kier molecular flexibility index (Phi) is 7.03. The van der Waals surface area contributed by atoms with Crippen molar-refractivity contribution in [2.24, 2.45) is 0 Å². The third-order valence-electron chi connectivity index (χ3n) is 5.50. The smallest absolute Gasteiger partial charge is 0.346 e. The standard InChI is InChI=1S/C26H29NO5/c1-7-10-31-26(29)21-8-9-24-23(14-21)17(3)18(4)27(24)15-20-11-16(2)12-22(13-20)32-19(5)25(28)30-6/h7-9,11-14,19H,1,10,15H2,2-6H3. The molecule has 0 N–H and O–H groups in total. The molecule has 0 aliphatic rings. The summed E-state index contributed by atoms with van der Waals surface area (Å²) in [5, 5.41) is 1.01. The summed E-state index contributed by atoms with van der Waals surface area (Å²) in [6, 6.07) is 11.5. The number of methoxy groups -OCH3 is 1. The summed E-state index contributed by atoms with van der Waals surface area (Å²) in [7, 11) is 1.34. The molecule has 0 saturated carbocycles. The van der Waals surface area contributed by atoms with E-state index >= 15 is 0 Å². The molecule has 1 heterocycles. The van der Waals surface area contributed by atoms with Crippen molar-refractivity contribution < 1.29 is 23.8 Å². The minimum atomic E-state index is -0.690. The van der Waals surface area contributed by atoms with E-state index in [0.717, 1.165) is 33.3 Å². The lowest BCUT2D eigenvalue weighted by Crippen LogP contribution is -2.25. The van der Waals surface area contributed by atoms with Crippen LogP contribution in [0.5, 0.6) is 5.75 Å². The fourth-order valence-electron chi connectivity index (χ4n) is 3.78. The quantitative estimate of drug-likeness (QED) is 0.372. The fraction of sp³-hybridized carbons (Fsp3) is 0.308. The lowest BCUT2D eigenvalue weighted by Gasteiger charge is -2.15. The van der Waals surface area contributed by atoms with Gasteiger partial charge in [0.1, 0.15) is 12.4 Å². The number of aryl methyl sites for hydroxylation is 2. The molecule has 6 heteroatoms. The predicted octanol–water partition coefficient (Wildman–Crippen LogP) is 4.90. The van der Waals surface area contributed by atoms with Crippen molar-refractivity contribution in [1.29, 1.82) is 0 Å². The van der Waals surface area contributed by atoms with E-state index in [4.69, 9.17) is 14.2 Å². The lowest BCUT2D eigenvalue weighted by molar-refractivity contribution is -0.147. The van der Waals surface area contributed by atoms with Crippen LogP contribution in [-0.2, 0) is 20.8 Å². The van der Waals surface area contributed by atoms with Crippen molar-refractivity contribution in [2.45, 2.75) is 40.3 Å². The van der Waals surface area contributed by atoms with Crippen LogP contribution in [0.4, 0.5) is 0 Å². The topological polar surface area (TPSA) is 66.8 Å². The number of hydrogen-bond acceptors (Lipinski definition) is 5. The van der Waals surface area contributed by atoms with Gasteiger partial charge >= 0.3 is 11.9 Å². The van der Waals surface area contributed by atoms with Crippen molar-refractivity contribution in [3.8, 4) is 5.75 Å². The predicted molar refractivity (Wildman–Crippen MR) is 124 cm³/mol. The molecule has 0 amide bonds. The zero-order chi connectivity index (χ0) is 23.4. The van der Waals surface area contributed by atoms with Gasteiger partial charge in [-0.1, -0.05) is 18.7 Å². The van der Waals surface area contributed by atoms with Crippen LogP contribution in [0.1, 0.15) is 39.7 Å².